The maximum atomic E-state index is 13.6. The highest BCUT2D eigenvalue weighted by Crippen LogP contribution is 2.29. The molecule has 0 atom stereocenters. The summed E-state index contributed by atoms with van der Waals surface area (Å²) in [6.07, 6.45) is 4.62. The minimum Gasteiger partial charge on any atom is -0.497 e. The number of hydrogen-bond acceptors (Lipinski definition) is 3. The summed E-state index contributed by atoms with van der Waals surface area (Å²) in [7, 11) is 1.56. The molecule has 0 aromatic heterocycles. The normalized spacial score (nSPS) is 12.5. The fourth-order valence-corrected chi connectivity index (χ4v) is 2.17. The van der Waals surface area contributed by atoms with Crippen LogP contribution in [0.25, 0.3) is 6.08 Å². The Morgan fingerprint density at radius 2 is 2.04 bits per heavy atom. The molecular weight excluding hydrogens is 297 g/mol. The van der Waals surface area contributed by atoms with E-state index in [0.717, 1.165) is 0 Å². The molecule has 0 radical (unpaired) electrons. The van der Waals surface area contributed by atoms with E-state index < -0.39 is 11.7 Å². The summed E-state index contributed by atoms with van der Waals surface area (Å²) in [5.74, 6) is 0.345. The summed E-state index contributed by atoms with van der Waals surface area (Å²) in [5.41, 5.74) is 1.18. The number of amides is 1. The lowest BCUT2D eigenvalue weighted by molar-refractivity contribution is -0.112. The van der Waals surface area contributed by atoms with Gasteiger partial charge in [0.25, 0.3) is 5.91 Å². The Labute approximate surface area is 132 Å². The molecule has 0 unspecified atom stereocenters. The van der Waals surface area contributed by atoms with Crippen molar-refractivity contribution in [2.24, 2.45) is 0 Å². The zero-order valence-corrected chi connectivity index (χ0v) is 12.4. The fourth-order valence-electron chi connectivity index (χ4n) is 2.17. The van der Waals surface area contributed by atoms with Crippen molar-refractivity contribution in [3.8, 4) is 11.5 Å². The Hall–Kier alpha value is -3.08. The van der Waals surface area contributed by atoms with Crippen LogP contribution >= 0.6 is 0 Å². The highest BCUT2D eigenvalue weighted by atomic mass is 19.1. The minimum atomic E-state index is -0.489. The van der Waals surface area contributed by atoms with Gasteiger partial charge >= 0.3 is 0 Å². The van der Waals surface area contributed by atoms with Gasteiger partial charge < -0.3 is 14.8 Å². The lowest BCUT2D eigenvalue weighted by Crippen LogP contribution is -2.14. The second-order valence-corrected chi connectivity index (χ2v) is 4.86. The third-order valence-corrected chi connectivity index (χ3v) is 3.35. The van der Waals surface area contributed by atoms with Crippen molar-refractivity contribution in [3.05, 3.63) is 71.8 Å². The number of rotatable bonds is 3. The summed E-state index contributed by atoms with van der Waals surface area (Å²) in [6, 6.07) is 11.3. The molecule has 0 bridgehead atoms. The molecule has 1 heterocycles. The second-order valence-electron chi connectivity index (χ2n) is 4.86. The molecule has 116 valence electrons. The molecule has 0 spiro atoms. The van der Waals surface area contributed by atoms with Gasteiger partial charge in [0.05, 0.1) is 19.1 Å². The van der Waals surface area contributed by atoms with Gasteiger partial charge in [0.2, 0.25) is 0 Å². The Morgan fingerprint density at radius 3 is 2.83 bits per heavy atom. The number of benzene rings is 2. The Balaban J connectivity index is 1.90. The van der Waals surface area contributed by atoms with Crippen molar-refractivity contribution in [3.63, 3.8) is 0 Å². The number of anilines is 1. The third-order valence-electron chi connectivity index (χ3n) is 3.35. The van der Waals surface area contributed by atoms with Crippen molar-refractivity contribution < 1.29 is 18.7 Å². The molecule has 1 amide bonds. The Kier molecular flexibility index (Phi) is 4.10. The average Bonchev–Trinajstić information content (AvgIpc) is 2.78. The molecule has 0 saturated carbocycles. The van der Waals surface area contributed by atoms with Gasteiger partial charge in [0.15, 0.2) is 0 Å². The van der Waals surface area contributed by atoms with E-state index in [1.54, 1.807) is 43.5 Å². The van der Waals surface area contributed by atoms with Gasteiger partial charge in [-0.15, -0.1) is 0 Å². The van der Waals surface area contributed by atoms with Crippen LogP contribution in [0.1, 0.15) is 5.56 Å². The molecular formula is C18H14FNO3. The number of halogens is 1. The van der Waals surface area contributed by atoms with Crippen LogP contribution in [0.15, 0.2) is 60.4 Å². The average molecular weight is 311 g/mol. The van der Waals surface area contributed by atoms with Crippen LogP contribution in [0, 0.1) is 5.82 Å². The van der Waals surface area contributed by atoms with Crippen LogP contribution in [-0.4, -0.2) is 13.0 Å². The summed E-state index contributed by atoms with van der Waals surface area (Å²) < 4.78 is 24.3. The first-order valence-electron chi connectivity index (χ1n) is 6.96. The van der Waals surface area contributed by atoms with Crippen molar-refractivity contribution in [2.45, 2.75) is 0 Å². The van der Waals surface area contributed by atoms with Gasteiger partial charge in [-0.05, 0) is 42.5 Å². The van der Waals surface area contributed by atoms with Crippen molar-refractivity contribution in [1.82, 2.24) is 0 Å². The monoisotopic (exact) mass is 311 g/mol. The quantitative estimate of drug-likeness (QED) is 0.939. The van der Waals surface area contributed by atoms with Gasteiger partial charge in [-0.1, -0.05) is 12.1 Å². The van der Waals surface area contributed by atoms with E-state index in [-0.39, 0.29) is 5.69 Å². The molecule has 23 heavy (non-hydrogen) atoms. The zero-order valence-electron chi connectivity index (χ0n) is 12.4. The molecule has 1 N–H and O–H groups in total. The summed E-state index contributed by atoms with van der Waals surface area (Å²) in [4.78, 5) is 12.4. The van der Waals surface area contributed by atoms with Crippen molar-refractivity contribution in [1.29, 1.82) is 0 Å². The van der Waals surface area contributed by atoms with Gasteiger partial charge in [0.1, 0.15) is 17.3 Å². The van der Waals surface area contributed by atoms with Crippen LogP contribution < -0.4 is 14.8 Å². The first kappa shape index (κ1) is 14.8. The molecule has 5 heteroatoms. The van der Waals surface area contributed by atoms with Crippen LogP contribution in [0.5, 0.6) is 11.5 Å². The maximum Gasteiger partial charge on any atom is 0.255 e. The summed E-state index contributed by atoms with van der Waals surface area (Å²) in [5, 5.41) is 2.55. The predicted molar refractivity (Wildman–Crippen MR) is 85.8 cm³/mol. The molecule has 1 aliphatic rings. The lowest BCUT2D eigenvalue weighted by Gasteiger charge is -2.07. The first-order valence-corrected chi connectivity index (χ1v) is 6.96. The van der Waals surface area contributed by atoms with Crippen LogP contribution in [0.2, 0.25) is 0 Å². The van der Waals surface area contributed by atoms with Crippen LogP contribution in [0.4, 0.5) is 10.1 Å². The zero-order chi connectivity index (χ0) is 16.2. The molecule has 2 aromatic rings. The van der Waals surface area contributed by atoms with Gasteiger partial charge in [0, 0.05) is 11.1 Å². The fraction of sp³-hybridized carbons (Fsp3) is 0.0556. The van der Waals surface area contributed by atoms with E-state index in [0.29, 0.717) is 22.6 Å². The molecule has 0 aliphatic carbocycles. The molecule has 2 aromatic carbocycles. The van der Waals surface area contributed by atoms with E-state index in [9.17, 15) is 9.18 Å². The number of hydrogen-bond donors (Lipinski definition) is 1. The minimum absolute atomic E-state index is 0.128. The molecule has 4 nitrogen and oxygen atoms in total. The SMILES string of the molecule is COc1ccc2c(c1)C=C(C(=O)Nc1ccccc1F)C=CO2. The summed E-state index contributed by atoms with van der Waals surface area (Å²) >= 11 is 0. The number of ether oxygens (including phenoxy) is 2. The highest BCUT2D eigenvalue weighted by Gasteiger charge is 2.14. The van der Waals surface area contributed by atoms with E-state index in [1.807, 2.05) is 0 Å². The van der Waals surface area contributed by atoms with Crippen LogP contribution in [-0.2, 0) is 4.79 Å². The number of carbonyl (C=O) groups excluding carboxylic acids is 1. The number of carbonyl (C=O) groups is 1. The molecule has 3 rings (SSSR count). The Morgan fingerprint density at radius 1 is 1.22 bits per heavy atom. The second kappa shape index (κ2) is 6.36. The van der Waals surface area contributed by atoms with E-state index in [2.05, 4.69) is 5.32 Å². The molecule has 1 aliphatic heterocycles. The number of para-hydroxylation sites is 1. The first-order chi connectivity index (χ1) is 11.2. The lowest BCUT2D eigenvalue weighted by atomic mass is 10.1. The maximum absolute atomic E-state index is 13.6. The van der Waals surface area contributed by atoms with Gasteiger partial charge in [-0.3, -0.25) is 4.79 Å². The molecule has 0 saturated heterocycles. The number of nitrogens with one attached hydrogen (secondary N) is 1. The van der Waals surface area contributed by atoms with Gasteiger partial charge in [-0.25, -0.2) is 4.39 Å². The largest absolute Gasteiger partial charge is 0.497 e. The van der Waals surface area contributed by atoms with Crippen molar-refractivity contribution in [2.75, 3.05) is 12.4 Å². The standard InChI is InChI=1S/C18H14FNO3/c1-22-14-6-7-17-13(11-14)10-12(8-9-23-17)18(21)20-16-5-3-2-4-15(16)19/h2-11H,1H3,(H,20,21). The van der Waals surface area contributed by atoms with E-state index >= 15 is 0 Å². The summed E-state index contributed by atoms with van der Waals surface area (Å²) in [6.45, 7) is 0. The topological polar surface area (TPSA) is 47.6 Å². The van der Waals surface area contributed by atoms with E-state index in [1.165, 1.54) is 24.5 Å². The predicted octanol–water partition coefficient (Wildman–Crippen LogP) is 3.76. The highest BCUT2D eigenvalue weighted by molar-refractivity contribution is 6.09. The number of fused-ring (bicyclic) bond motifs is 1. The van der Waals surface area contributed by atoms with Crippen LogP contribution in [0.3, 0.4) is 0 Å². The Bertz CT molecular complexity index is 812. The molecule has 0 fully saturated rings. The number of methoxy groups -OCH3 is 1. The van der Waals surface area contributed by atoms with E-state index in [4.69, 9.17) is 9.47 Å². The smallest absolute Gasteiger partial charge is 0.255 e. The van der Waals surface area contributed by atoms with Gasteiger partial charge in [-0.2, -0.15) is 0 Å². The third kappa shape index (κ3) is 3.23. The van der Waals surface area contributed by atoms with Crippen molar-refractivity contribution >= 4 is 17.7 Å².